The van der Waals surface area contributed by atoms with Crippen LogP contribution in [0.1, 0.15) is 27.3 Å². The summed E-state index contributed by atoms with van der Waals surface area (Å²) in [5, 5.41) is 1.87. The van der Waals surface area contributed by atoms with E-state index >= 15 is 0 Å². The third-order valence-corrected chi connectivity index (χ3v) is 5.90. The number of hydrogen-bond acceptors (Lipinski definition) is 7. The normalized spacial score (nSPS) is 11.0. The molecule has 0 amide bonds. The maximum Gasteiger partial charge on any atom is 0.260 e. The first-order valence-electron chi connectivity index (χ1n) is 10.4. The second kappa shape index (κ2) is 8.58. The van der Waals surface area contributed by atoms with Gasteiger partial charge in [0.2, 0.25) is 5.78 Å². The molecule has 0 fully saturated rings. The fourth-order valence-corrected chi connectivity index (χ4v) is 4.21. The molecule has 2 aromatic carbocycles. The second-order valence-electron chi connectivity index (χ2n) is 7.74. The Morgan fingerprint density at radius 2 is 0.882 bits per heavy atom. The van der Waals surface area contributed by atoms with E-state index in [-0.39, 0.29) is 11.1 Å². The number of nitrogens with one attached hydrogen (secondary N) is 2. The standard InChI is InChI=1S/C25H24N2O7/c1-11-13-7-17(31-3)19(33-5)9-15(13)21(24(29)26-11)23(28)22-16-10-20(34-6)18(32-4)8-14(16)12(2)27-25(22)30/h7-10H,1-6H3,(H,26,29)(H,27,30). The molecule has 0 bridgehead atoms. The van der Waals surface area contributed by atoms with Gasteiger partial charge in [-0.2, -0.15) is 0 Å². The predicted molar refractivity (Wildman–Crippen MR) is 128 cm³/mol. The molecule has 0 radical (unpaired) electrons. The highest BCUT2D eigenvalue weighted by molar-refractivity contribution is 6.21. The van der Waals surface area contributed by atoms with E-state index in [1.165, 1.54) is 28.4 Å². The number of H-pyrrole nitrogens is 2. The van der Waals surface area contributed by atoms with Crippen molar-refractivity contribution in [3.05, 3.63) is 67.5 Å². The molecule has 4 aromatic rings. The highest BCUT2D eigenvalue weighted by atomic mass is 16.5. The van der Waals surface area contributed by atoms with Crippen molar-refractivity contribution >= 4 is 27.3 Å². The minimum absolute atomic E-state index is 0.174. The van der Waals surface area contributed by atoms with Gasteiger partial charge in [-0.15, -0.1) is 0 Å². The first-order valence-corrected chi connectivity index (χ1v) is 10.4. The summed E-state index contributed by atoms with van der Waals surface area (Å²) >= 11 is 0. The third-order valence-electron chi connectivity index (χ3n) is 5.90. The van der Waals surface area contributed by atoms with Gasteiger partial charge < -0.3 is 28.9 Å². The van der Waals surface area contributed by atoms with Crippen molar-refractivity contribution in [3.63, 3.8) is 0 Å². The fraction of sp³-hybridized carbons (Fsp3) is 0.240. The summed E-state index contributed by atoms with van der Waals surface area (Å²) in [5.74, 6) is 0.862. The first kappa shape index (κ1) is 22.9. The average Bonchev–Trinajstić information content (AvgIpc) is 2.82. The molecule has 2 N–H and O–H groups in total. The van der Waals surface area contributed by atoms with Gasteiger partial charge in [0.1, 0.15) is 0 Å². The molecule has 0 aliphatic heterocycles. The van der Waals surface area contributed by atoms with Gasteiger partial charge in [-0.25, -0.2) is 0 Å². The molecule has 0 saturated carbocycles. The SMILES string of the molecule is COc1cc2c(C)[nH]c(=O)c(C(=O)c3c(=O)[nH]c(C)c4cc(OC)c(OC)cc34)c2cc1OC. The van der Waals surface area contributed by atoms with E-state index < -0.39 is 16.9 Å². The topological polar surface area (TPSA) is 120 Å². The predicted octanol–water partition coefficient (Wildman–Crippen LogP) is 3.25. The van der Waals surface area contributed by atoms with Crippen molar-refractivity contribution in [1.82, 2.24) is 9.97 Å². The van der Waals surface area contributed by atoms with Gasteiger partial charge in [0.05, 0.1) is 39.6 Å². The number of benzene rings is 2. The van der Waals surface area contributed by atoms with E-state index in [4.69, 9.17) is 18.9 Å². The van der Waals surface area contributed by atoms with Crippen molar-refractivity contribution < 1.29 is 23.7 Å². The van der Waals surface area contributed by atoms with Crippen molar-refractivity contribution in [2.24, 2.45) is 0 Å². The number of carbonyl (C=O) groups is 1. The Balaban J connectivity index is 2.11. The van der Waals surface area contributed by atoms with E-state index in [2.05, 4.69) is 9.97 Å². The minimum atomic E-state index is -0.725. The third kappa shape index (κ3) is 3.45. The summed E-state index contributed by atoms with van der Waals surface area (Å²) in [6, 6.07) is 6.50. The number of ether oxygens (including phenoxy) is 4. The lowest BCUT2D eigenvalue weighted by Gasteiger charge is -2.15. The smallest absolute Gasteiger partial charge is 0.260 e. The van der Waals surface area contributed by atoms with Gasteiger partial charge in [-0.3, -0.25) is 14.4 Å². The van der Waals surface area contributed by atoms with Crippen LogP contribution in [0.4, 0.5) is 0 Å². The molecule has 0 spiro atoms. The lowest BCUT2D eigenvalue weighted by atomic mass is 9.94. The Hall–Kier alpha value is -4.27. The number of rotatable bonds is 6. The van der Waals surface area contributed by atoms with Crippen LogP contribution >= 0.6 is 0 Å². The molecule has 4 rings (SSSR count). The van der Waals surface area contributed by atoms with Gasteiger partial charge in [0, 0.05) is 32.9 Å². The van der Waals surface area contributed by atoms with Crippen LogP contribution in [-0.2, 0) is 0 Å². The number of fused-ring (bicyclic) bond motifs is 2. The summed E-state index contributed by atoms with van der Waals surface area (Å²) < 4.78 is 21.5. The van der Waals surface area contributed by atoms with E-state index in [1.54, 1.807) is 38.1 Å². The molecule has 9 heteroatoms. The maximum atomic E-state index is 13.9. The van der Waals surface area contributed by atoms with E-state index in [9.17, 15) is 14.4 Å². The van der Waals surface area contributed by atoms with Gasteiger partial charge in [0.25, 0.3) is 11.1 Å². The molecule has 0 unspecified atom stereocenters. The molecule has 176 valence electrons. The molecule has 0 saturated heterocycles. The molecule has 0 atom stereocenters. The summed E-state index contributed by atoms with van der Waals surface area (Å²) in [6.07, 6.45) is 0. The van der Waals surface area contributed by atoms with Crippen LogP contribution in [-0.4, -0.2) is 44.2 Å². The molecular formula is C25H24N2O7. The average molecular weight is 464 g/mol. The maximum absolute atomic E-state index is 13.9. The number of pyridine rings is 2. The summed E-state index contributed by atoms with van der Waals surface area (Å²) in [6.45, 7) is 3.43. The molecule has 0 aliphatic carbocycles. The lowest BCUT2D eigenvalue weighted by Crippen LogP contribution is -2.26. The Bertz CT molecular complexity index is 1460. The number of methoxy groups -OCH3 is 4. The van der Waals surface area contributed by atoms with Gasteiger partial charge in [0.15, 0.2) is 23.0 Å². The van der Waals surface area contributed by atoms with Crippen LogP contribution in [0.3, 0.4) is 0 Å². The number of aryl methyl sites for hydroxylation is 2. The van der Waals surface area contributed by atoms with Gasteiger partial charge >= 0.3 is 0 Å². The van der Waals surface area contributed by atoms with E-state index in [1.807, 2.05) is 0 Å². The molecule has 2 heterocycles. The number of aromatic nitrogens is 2. The number of ketones is 1. The molecule has 0 aliphatic rings. The van der Waals surface area contributed by atoms with Crippen molar-refractivity contribution in [2.45, 2.75) is 13.8 Å². The quantitative estimate of drug-likeness (QED) is 0.420. The largest absolute Gasteiger partial charge is 0.493 e. The minimum Gasteiger partial charge on any atom is -0.493 e. The second-order valence-corrected chi connectivity index (χ2v) is 7.74. The zero-order valence-corrected chi connectivity index (χ0v) is 19.7. The van der Waals surface area contributed by atoms with Crippen LogP contribution in [0, 0.1) is 13.8 Å². The highest BCUT2D eigenvalue weighted by Crippen LogP contribution is 2.36. The van der Waals surface area contributed by atoms with Gasteiger partial charge in [-0.05, 0) is 38.1 Å². The van der Waals surface area contributed by atoms with Crippen molar-refractivity contribution in [3.8, 4) is 23.0 Å². The Labute approximate surface area is 194 Å². The highest BCUT2D eigenvalue weighted by Gasteiger charge is 2.26. The van der Waals surface area contributed by atoms with Crippen LogP contribution in [0.25, 0.3) is 21.5 Å². The van der Waals surface area contributed by atoms with Crippen LogP contribution in [0.2, 0.25) is 0 Å². The summed E-state index contributed by atoms with van der Waals surface area (Å²) in [7, 11) is 5.92. The molecule has 2 aromatic heterocycles. The summed E-state index contributed by atoms with van der Waals surface area (Å²) in [4.78, 5) is 45.4. The van der Waals surface area contributed by atoms with Crippen LogP contribution < -0.4 is 30.1 Å². The Morgan fingerprint density at radius 3 is 1.18 bits per heavy atom. The van der Waals surface area contributed by atoms with Crippen LogP contribution in [0.15, 0.2) is 33.9 Å². The van der Waals surface area contributed by atoms with Gasteiger partial charge in [-0.1, -0.05) is 0 Å². The zero-order chi connectivity index (χ0) is 24.7. The number of hydrogen-bond donors (Lipinski definition) is 2. The molecular weight excluding hydrogens is 440 g/mol. The lowest BCUT2D eigenvalue weighted by molar-refractivity contribution is 0.103. The molecule has 34 heavy (non-hydrogen) atoms. The number of aromatic amines is 2. The molecule has 9 nitrogen and oxygen atoms in total. The summed E-state index contributed by atoms with van der Waals surface area (Å²) in [5.41, 5.74) is -0.483. The number of carbonyl (C=O) groups excluding carboxylic acids is 1. The first-order chi connectivity index (χ1) is 16.2. The van der Waals surface area contributed by atoms with Crippen LogP contribution in [0.5, 0.6) is 23.0 Å². The van der Waals surface area contributed by atoms with Crippen molar-refractivity contribution in [2.75, 3.05) is 28.4 Å². The van der Waals surface area contributed by atoms with E-state index in [0.717, 1.165) is 0 Å². The monoisotopic (exact) mass is 464 g/mol. The fourth-order valence-electron chi connectivity index (χ4n) is 4.21. The zero-order valence-electron chi connectivity index (χ0n) is 19.7. The Kier molecular flexibility index (Phi) is 5.78. The van der Waals surface area contributed by atoms with Crippen molar-refractivity contribution in [1.29, 1.82) is 0 Å². The van der Waals surface area contributed by atoms with E-state index in [0.29, 0.717) is 55.9 Å². The Morgan fingerprint density at radius 1 is 0.588 bits per heavy atom.